The molecule has 1 aliphatic rings. The Balaban J connectivity index is 1.87. The maximum absolute atomic E-state index is 6.30. The minimum atomic E-state index is 0.134. The molecule has 0 aliphatic heterocycles. The Labute approximate surface area is 102 Å². The van der Waals surface area contributed by atoms with Crippen LogP contribution in [0.4, 0.5) is 0 Å². The summed E-state index contributed by atoms with van der Waals surface area (Å²) < 4.78 is 0. The van der Waals surface area contributed by atoms with Crippen molar-refractivity contribution in [1.29, 1.82) is 0 Å². The Hall–Kier alpha value is -1.41. The number of hydrogen-bond acceptors (Lipinski definition) is 2. The van der Waals surface area contributed by atoms with Crippen molar-refractivity contribution in [3.8, 4) is 0 Å². The smallest absolute Gasteiger partial charge is 0.0749 e. The third kappa shape index (κ3) is 2.32. The zero-order chi connectivity index (χ0) is 11.7. The third-order valence-electron chi connectivity index (χ3n) is 3.65. The zero-order valence-electron chi connectivity index (χ0n) is 9.97. The predicted octanol–water partition coefficient (Wildman–Crippen LogP) is 3.42. The van der Waals surface area contributed by atoms with E-state index in [-0.39, 0.29) is 6.04 Å². The molecule has 0 amide bonds. The van der Waals surface area contributed by atoms with Crippen LogP contribution in [0.5, 0.6) is 0 Å². The van der Waals surface area contributed by atoms with Crippen LogP contribution in [-0.2, 0) is 0 Å². The normalized spacial score (nSPS) is 17.2. The number of hydrogen-bond donors (Lipinski definition) is 1. The highest BCUT2D eigenvalue weighted by Gasteiger charge is 2.22. The summed E-state index contributed by atoms with van der Waals surface area (Å²) in [6.07, 6.45) is 7.01. The van der Waals surface area contributed by atoms with Crippen LogP contribution in [0.25, 0.3) is 10.9 Å². The van der Waals surface area contributed by atoms with Crippen molar-refractivity contribution in [2.45, 2.75) is 31.7 Å². The quantitative estimate of drug-likeness (QED) is 0.867. The fourth-order valence-corrected chi connectivity index (χ4v) is 2.40. The molecule has 0 saturated heterocycles. The van der Waals surface area contributed by atoms with Crippen LogP contribution in [0.15, 0.2) is 36.5 Å². The molecule has 0 bridgehead atoms. The van der Waals surface area contributed by atoms with Crippen LogP contribution in [0.2, 0.25) is 0 Å². The van der Waals surface area contributed by atoms with Crippen molar-refractivity contribution >= 4 is 10.9 Å². The van der Waals surface area contributed by atoms with Crippen molar-refractivity contribution in [3.05, 3.63) is 42.1 Å². The molecule has 1 aromatic carbocycles. The summed E-state index contributed by atoms with van der Waals surface area (Å²) in [5.74, 6) is 0.948. The number of aromatic nitrogens is 1. The molecule has 1 atom stereocenters. The fraction of sp³-hybridized carbons (Fsp3) is 0.400. The van der Waals surface area contributed by atoms with Crippen LogP contribution >= 0.6 is 0 Å². The van der Waals surface area contributed by atoms with E-state index in [1.807, 2.05) is 12.3 Å². The van der Waals surface area contributed by atoms with Crippen LogP contribution in [0.1, 0.15) is 37.3 Å². The van der Waals surface area contributed by atoms with Crippen LogP contribution < -0.4 is 5.73 Å². The Kier molecular flexibility index (Phi) is 2.81. The molecular formula is C15H18N2. The maximum Gasteiger partial charge on any atom is 0.0749 e. The summed E-state index contributed by atoms with van der Waals surface area (Å²) >= 11 is 0. The number of para-hydroxylation sites is 1. The molecule has 2 aromatic rings. The molecule has 88 valence electrons. The van der Waals surface area contributed by atoms with Gasteiger partial charge in [-0.05, 0) is 30.4 Å². The van der Waals surface area contributed by atoms with Crippen LogP contribution in [0, 0.1) is 5.92 Å². The number of rotatable bonds is 4. The largest absolute Gasteiger partial charge is 0.324 e. The van der Waals surface area contributed by atoms with Crippen molar-refractivity contribution in [3.63, 3.8) is 0 Å². The molecule has 1 heterocycles. The molecule has 17 heavy (non-hydrogen) atoms. The van der Waals surface area contributed by atoms with Crippen molar-refractivity contribution in [2.24, 2.45) is 11.7 Å². The highest BCUT2D eigenvalue weighted by atomic mass is 14.7. The van der Waals surface area contributed by atoms with E-state index in [9.17, 15) is 0 Å². The van der Waals surface area contributed by atoms with Crippen LogP contribution in [-0.4, -0.2) is 4.98 Å². The average Bonchev–Trinajstić information content (AvgIpc) is 3.19. The molecular weight excluding hydrogens is 208 g/mol. The van der Waals surface area contributed by atoms with E-state index < -0.39 is 0 Å². The minimum absolute atomic E-state index is 0.134. The van der Waals surface area contributed by atoms with E-state index in [0.717, 1.165) is 17.9 Å². The first-order chi connectivity index (χ1) is 8.34. The SMILES string of the molecule is NC(CCC1CC1)c1cccc2cccnc12. The first kappa shape index (κ1) is 10.7. The molecule has 1 saturated carbocycles. The molecule has 3 rings (SSSR count). The van der Waals surface area contributed by atoms with Gasteiger partial charge in [-0.2, -0.15) is 0 Å². The lowest BCUT2D eigenvalue weighted by Gasteiger charge is -2.13. The Morgan fingerprint density at radius 1 is 1.24 bits per heavy atom. The molecule has 1 aliphatic carbocycles. The molecule has 0 spiro atoms. The van der Waals surface area contributed by atoms with E-state index in [2.05, 4.69) is 29.2 Å². The van der Waals surface area contributed by atoms with Gasteiger partial charge in [0, 0.05) is 17.6 Å². The summed E-state index contributed by atoms with van der Waals surface area (Å²) in [5.41, 5.74) is 8.56. The minimum Gasteiger partial charge on any atom is -0.324 e. The monoisotopic (exact) mass is 226 g/mol. The third-order valence-corrected chi connectivity index (χ3v) is 3.65. The topological polar surface area (TPSA) is 38.9 Å². The van der Waals surface area contributed by atoms with E-state index in [4.69, 9.17) is 5.73 Å². The summed E-state index contributed by atoms with van der Waals surface area (Å²) in [4.78, 5) is 4.46. The Morgan fingerprint density at radius 2 is 2.06 bits per heavy atom. The number of nitrogens with two attached hydrogens (primary N) is 1. The van der Waals surface area contributed by atoms with Gasteiger partial charge < -0.3 is 5.73 Å². The standard InChI is InChI=1S/C15H18N2/c16-14(9-8-11-6-7-11)13-5-1-3-12-4-2-10-17-15(12)13/h1-5,10-11,14H,6-9,16H2. The number of nitrogens with zero attached hydrogens (tertiary/aromatic N) is 1. The lowest BCUT2D eigenvalue weighted by Crippen LogP contribution is -2.11. The van der Waals surface area contributed by atoms with E-state index in [1.54, 1.807) is 0 Å². The Bertz CT molecular complexity index is 512. The summed E-state index contributed by atoms with van der Waals surface area (Å²) in [6.45, 7) is 0. The van der Waals surface area contributed by atoms with Gasteiger partial charge in [-0.25, -0.2) is 0 Å². The Morgan fingerprint density at radius 3 is 2.88 bits per heavy atom. The van der Waals surface area contributed by atoms with Crippen molar-refractivity contribution in [2.75, 3.05) is 0 Å². The second kappa shape index (κ2) is 4.46. The summed E-state index contributed by atoms with van der Waals surface area (Å²) in [7, 11) is 0. The van der Waals surface area contributed by atoms with Gasteiger partial charge in [-0.15, -0.1) is 0 Å². The summed E-state index contributed by atoms with van der Waals surface area (Å²) in [6, 6.07) is 10.5. The highest BCUT2D eigenvalue weighted by molar-refractivity contribution is 5.81. The van der Waals surface area contributed by atoms with Gasteiger partial charge in [0.15, 0.2) is 0 Å². The highest BCUT2D eigenvalue weighted by Crippen LogP contribution is 2.36. The van der Waals surface area contributed by atoms with Crippen molar-refractivity contribution in [1.82, 2.24) is 4.98 Å². The van der Waals surface area contributed by atoms with Gasteiger partial charge in [-0.1, -0.05) is 37.1 Å². The molecule has 2 N–H and O–H groups in total. The van der Waals surface area contributed by atoms with Gasteiger partial charge in [0.05, 0.1) is 5.52 Å². The second-order valence-electron chi connectivity index (χ2n) is 5.05. The van der Waals surface area contributed by atoms with Gasteiger partial charge in [0.2, 0.25) is 0 Å². The van der Waals surface area contributed by atoms with Crippen LogP contribution in [0.3, 0.4) is 0 Å². The molecule has 2 heteroatoms. The van der Waals surface area contributed by atoms with Gasteiger partial charge in [0.1, 0.15) is 0 Å². The molecule has 1 fully saturated rings. The average molecular weight is 226 g/mol. The molecule has 1 aromatic heterocycles. The second-order valence-corrected chi connectivity index (χ2v) is 5.05. The fourth-order valence-electron chi connectivity index (χ4n) is 2.40. The lowest BCUT2D eigenvalue weighted by atomic mass is 9.98. The lowest BCUT2D eigenvalue weighted by molar-refractivity contribution is 0.577. The molecule has 0 radical (unpaired) electrons. The predicted molar refractivity (Wildman–Crippen MR) is 70.6 cm³/mol. The zero-order valence-corrected chi connectivity index (χ0v) is 9.97. The van der Waals surface area contributed by atoms with E-state index in [0.29, 0.717) is 0 Å². The van der Waals surface area contributed by atoms with Gasteiger partial charge >= 0.3 is 0 Å². The number of benzene rings is 1. The van der Waals surface area contributed by atoms with Gasteiger partial charge in [-0.3, -0.25) is 4.98 Å². The number of fused-ring (bicyclic) bond motifs is 1. The number of pyridine rings is 1. The summed E-state index contributed by atoms with van der Waals surface area (Å²) in [5, 5.41) is 1.19. The first-order valence-corrected chi connectivity index (χ1v) is 6.44. The van der Waals surface area contributed by atoms with Gasteiger partial charge in [0.25, 0.3) is 0 Å². The molecule has 1 unspecified atom stereocenters. The van der Waals surface area contributed by atoms with E-state index >= 15 is 0 Å². The first-order valence-electron chi connectivity index (χ1n) is 6.44. The van der Waals surface area contributed by atoms with Crippen molar-refractivity contribution < 1.29 is 0 Å². The van der Waals surface area contributed by atoms with E-state index in [1.165, 1.54) is 30.2 Å². The maximum atomic E-state index is 6.30. The molecule has 2 nitrogen and oxygen atoms in total.